The number of nitrogens with one attached hydrogen (secondary N) is 1. The summed E-state index contributed by atoms with van der Waals surface area (Å²) in [6.45, 7) is 4.34. The minimum Gasteiger partial charge on any atom is -0.507 e. The van der Waals surface area contributed by atoms with Crippen molar-refractivity contribution in [1.82, 2.24) is 5.32 Å². The van der Waals surface area contributed by atoms with Gasteiger partial charge in [-0.3, -0.25) is 10.1 Å². The molecule has 1 amide bonds. The first-order valence-electron chi connectivity index (χ1n) is 9.67. The van der Waals surface area contributed by atoms with Crippen molar-refractivity contribution in [2.24, 2.45) is 0 Å². The molecular formula is C22H26F3NO6. The van der Waals surface area contributed by atoms with Gasteiger partial charge in [-0.05, 0) is 32.3 Å². The number of rotatable bonds is 9. The van der Waals surface area contributed by atoms with E-state index >= 15 is 0 Å². The van der Waals surface area contributed by atoms with E-state index in [1.807, 2.05) is 0 Å². The number of alkyl carbamates (subject to hydrolysis) is 1. The molecule has 0 bridgehead atoms. The number of hydrogen-bond donors (Lipinski definition) is 2. The van der Waals surface area contributed by atoms with E-state index in [0.29, 0.717) is 12.8 Å². The van der Waals surface area contributed by atoms with Gasteiger partial charge < -0.3 is 14.3 Å². The molecular weight excluding hydrogens is 431 g/mol. The number of halogens is 3. The van der Waals surface area contributed by atoms with Gasteiger partial charge in [0.2, 0.25) is 0 Å². The number of carbonyl (C=O) groups is 2. The molecule has 1 rings (SSSR count). The van der Waals surface area contributed by atoms with E-state index < -0.39 is 41.4 Å². The van der Waals surface area contributed by atoms with E-state index in [1.54, 1.807) is 13.0 Å². The summed E-state index contributed by atoms with van der Waals surface area (Å²) in [6, 6.07) is 1.17. The molecule has 0 aliphatic carbocycles. The van der Waals surface area contributed by atoms with Crippen LogP contribution < -0.4 is 10.9 Å². The summed E-state index contributed by atoms with van der Waals surface area (Å²) in [4.78, 5) is 35.7. The number of ether oxygens (including phenoxy) is 1. The number of hydrogen-bond acceptors (Lipinski definition) is 6. The second-order valence-electron chi connectivity index (χ2n) is 7.20. The third-order valence-electron chi connectivity index (χ3n) is 4.39. The average molecular weight is 457 g/mol. The Bertz CT molecular complexity index is 973. The van der Waals surface area contributed by atoms with Gasteiger partial charge in [-0.25, -0.2) is 9.59 Å². The Morgan fingerprint density at radius 1 is 1.28 bits per heavy atom. The third kappa shape index (κ3) is 8.83. The lowest BCUT2D eigenvalue weighted by molar-refractivity contribution is -0.127. The monoisotopic (exact) mass is 457 g/mol. The number of alkyl halides is 3. The predicted molar refractivity (Wildman–Crippen MR) is 111 cm³/mol. The lowest BCUT2D eigenvalue weighted by atomic mass is 9.99. The van der Waals surface area contributed by atoms with Crippen LogP contribution in [0.1, 0.15) is 62.1 Å². The smallest absolute Gasteiger partial charge is 0.410 e. The van der Waals surface area contributed by atoms with Crippen LogP contribution in [0.2, 0.25) is 0 Å². The van der Waals surface area contributed by atoms with Crippen molar-refractivity contribution in [3.8, 4) is 5.75 Å². The number of methoxy groups -OCH3 is 1. The van der Waals surface area contributed by atoms with Crippen LogP contribution in [-0.2, 0) is 4.74 Å². The molecule has 1 heterocycles. The van der Waals surface area contributed by atoms with Gasteiger partial charge in [0.1, 0.15) is 17.1 Å². The van der Waals surface area contributed by atoms with Crippen molar-refractivity contribution >= 4 is 11.9 Å². The van der Waals surface area contributed by atoms with Crippen LogP contribution in [0.15, 0.2) is 50.9 Å². The first kappa shape index (κ1) is 26.7. The first-order chi connectivity index (χ1) is 14.9. The van der Waals surface area contributed by atoms with Crippen LogP contribution >= 0.6 is 0 Å². The number of allylic oxidation sites excluding steroid dienone is 5. The zero-order chi connectivity index (χ0) is 24.5. The van der Waals surface area contributed by atoms with Crippen molar-refractivity contribution in [2.75, 3.05) is 7.11 Å². The molecule has 0 aliphatic heterocycles. The maximum absolute atomic E-state index is 12.5. The van der Waals surface area contributed by atoms with Crippen LogP contribution in [0.5, 0.6) is 5.75 Å². The minimum atomic E-state index is -4.37. The fourth-order valence-electron chi connectivity index (χ4n) is 2.62. The summed E-state index contributed by atoms with van der Waals surface area (Å²) < 4.78 is 46.7. The molecule has 0 aromatic carbocycles. The largest absolute Gasteiger partial charge is 0.507 e. The van der Waals surface area contributed by atoms with Gasteiger partial charge in [-0.1, -0.05) is 30.7 Å². The summed E-state index contributed by atoms with van der Waals surface area (Å²) in [6.07, 6.45) is 0.302. The molecule has 0 spiro atoms. The molecule has 0 aliphatic rings. The standard InChI is InChI=1S/C22H26F3NO6/c1-13(12-22(23,24)25)8-9-15(3)19(28)18-16(27)11-17(32-20(18)29)14(2)7-5-6-10-26-21(30)31-4/h6,8-11,14,27H,5,7,12H2,1-4H3,(H,26,30)/b10-6+,13-8-,15-9+. The SMILES string of the molecule is COC(=O)N/C=C/CCC(C)c1cc(O)c(C(=O)/C(C)=C/C=C(/C)CC(F)(F)F)c(=O)o1. The first-order valence-corrected chi connectivity index (χ1v) is 9.67. The Morgan fingerprint density at radius 3 is 2.50 bits per heavy atom. The van der Waals surface area contributed by atoms with Crippen molar-refractivity contribution < 1.29 is 37.0 Å². The predicted octanol–water partition coefficient (Wildman–Crippen LogP) is 5.13. The van der Waals surface area contributed by atoms with Crippen LogP contribution in [0.4, 0.5) is 18.0 Å². The van der Waals surface area contributed by atoms with Gasteiger partial charge in [0.05, 0.1) is 13.5 Å². The molecule has 2 N–H and O–H groups in total. The minimum absolute atomic E-state index is 0.0130. The van der Waals surface area contributed by atoms with E-state index in [0.717, 1.165) is 12.2 Å². The average Bonchev–Trinajstić information content (AvgIpc) is 2.69. The summed E-state index contributed by atoms with van der Waals surface area (Å²) in [7, 11) is 1.23. The van der Waals surface area contributed by atoms with Gasteiger partial charge >= 0.3 is 17.9 Å². The van der Waals surface area contributed by atoms with Crippen LogP contribution in [-0.4, -0.2) is 30.3 Å². The summed E-state index contributed by atoms with van der Waals surface area (Å²) in [5.41, 5.74) is -1.67. The second kappa shape index (κ2) is 11.9. The Labute approximate surface area is 183 Å². The number of aromatic hydroxyl groups is 1. The molecule has 0 radical (unpaired) electrons. The molecule has 176 valence electrons. The van der Waals surface area contributed by atoms with Gasteiger partial charge in [-0.2, -0.15) is 13.2 Å². The zero-order valence-electron chi connectivity index (χ0n) is 18.2. The lowest BCUT2D eigenvalue weighted by Crippen LogP contribution is -2.17. The third-order valence-corrected chi connectivity index (χ3v) is 4.39. The van der Waals surface area contributed by atoms with E-state index in [1.165, 1.54) is 33.2 Å². The fraction of sp³-hybridized carbons (Fsp3) is 0.409. The molecule has 10 heteroatoms. The van der Waals surface area contributed by atoms with E-state index in [4.69, 9.17) is 4.42 Å². The molecule has 1 unspecified atom stereocenters. The van der Waals surface area contributed by atoms with Crippen LogP contribution in [0, 0.1) is 0 Å². The summed E-state index contributed by atoms with van der Waals surface area (Å²) in [5.74, 6) is -1.53. The Morgan fingerprint density at radius 2 is 1.94 bits per heavy atom. The van der Waals surface area contributed by atoms with Gasteiger partial charge in [0.15, 0.2) is 5.78 Å². The molecule has 0 fully saturated rings. The van der Waals surface area contributed by atoms with Crippen LogP contribution in [0.25, 0.3) is 0 Å². The maximum atomic E-state index is 12.5. The molecule has 1 aromatic heterocycles. The van der Waals surface area contributed by atoms with Crippen molar-refractivity contribution in [3.05, 3.63) is 63.4 Å². The second-order valence-corrected chi connectivity index (χ2v) is 7.20. The normalized spacial score (nSPS) is 13.8. The molecule has 0 saturated carbocycles. The highest BCUT2D eigenvalue weighted by atomic mass is 19.4. The lowest BCUT2D eigenvalue weighted by Gasteiger charge is -2.11. The highest BCUT2D eigenvalue weighted by Gasteiger charge is 2.27. The number of carbonyl (C=O) groups excluding carboxylic acids is 2. The van der Waals surface area contributed by atoms with E-state index in [2.05, 4.69) is 10.1 Å². The zero-order valence-corrected chi connectivity index (χ0v) is 18.2. The topological polar surface area (TPSA) is 106 Å². The van der Waals surface area contributed by atoms with Gasteiger partial charge in [0.25, 0.3) is 0 Å². The highest BCUT2D eigenvalue weighted by molar-refractivity contribution is 6.09. The maximum Gasteiger partial charge on any atom is 0.410 e. The molecule has 0 saturated heterocycles. The van der Waals surface area contributed by atoms with Crippen LogP contribution in [0.3, 0.4) is 0 Å². The number of amides is 1. The summed E-state index contributed by atoms with van der Waals surface area (Å²) in [5, 5.41) is 12.6. The quantitative estimate of drug-likeness (QED) is 0.303. The van der Waals surface area contributed by atoms with Gasteiger partial charge in [0, 0.05) is 18.2 Å². The number of Topliss-reactive ketones (excluding diaryl/α,β-unsaturated/α-hetero) is 1. The number of ketones is 1. The molecule has 32 heavy (non-hydrogen) atoms. The Hall–Kier alpha value is -3.30. The van der Waals surface area contributed by atoms with Gasteiger partial charge in [-0.15, -0.1) is 0 Å². The van der Waals surface area contributed by atoms with Crippen molar-refractivity contribution in [1.29, 1.82) is 0 Å². The Balaban J connectivity index is 2.92. The van der Waals surface area contributed by atoms with Crippen molar-refractivity contribution in [3.63, 3.8) is 0 Å². The molecule has 1 atom stereocenters. The Kier molecular flexibility index (Phi) is 9.96. The van der Waals surface area contributed by atoms with E-state index in [9.17, 15) is 32.7 Å². The fourth-order valence-corrected chi connectivity index (χ4v) is 2.62. The van der Waals surface area contributed by atoms with E-state index in [-0.39, 0.29) is 22.8 Å². The summed E-state index contributed by atoms with van der Waals surface area (Å²) >= 11 is 0. The molecule has 7 nitrogen and oxygen atoms in total. The van der Waals surface area contributed by atoms with Crippen molar-refractivity contribution in [2.45, 2.75) is 52.1 Å². The highest BCUT2D eigenvalue weighted by Crippen LogP contribution is 2.26. The molecule has 1 aromatic rings.